The summed E-state index contributed by atoms with van der Waals surface area (Å²) in [5, 5.41) is 0. The van der Waals surface area contributed by atoms with Gasteiger partial charge in [0.15, 0.2) is 0 Å². The Morgan fingerprint density at radius 2 is 1.56 bits per heavy atom. The summed E-state index contributed by atoms with van der Waals surface area (Å²) in [5.41, 5.74) is 3.64. The van der Waals surface area contributed by atoms with Crippen LogP contribution < -0.4 is 4.90 Å². The smallest absolute Gasteiger partial charge is 0.238 e. The maximum atomic E-state index is 13.2. The number of anilines is 1. The van der Waals surface area contributed by atoms with Crippen LogP contribution in [0.3, 0.4) is 0 Å². The van der Waals surface area contributed by atoms with E-state index in [-0.39, 0.29) is 35.5 Å². The van der Waals surface area contributed by atoms with Crippen molar-refractivity contribution in [3.8, 4) is 0 Å². The highest BCUT2D eigenvalue weighted by Gasteiger charge is 2.62. The van der Waals surface area contributed by atoms with Crippen LogP contribution in [0.5, 0.6) is 0 Å². The Balaban J connectivity index is 1.54. The minimum absolute atomic E-state index is 0.0149. The number of fused-ring (bicyclic) bond motifs is 5. The Morgan fingerprint density at radius 1 is 0.920 bits per heavy atom. The quantitative estimate of drug-likeness (QED) is 0.511. The summed E-state index contributed by atoms with van der Waals surface area (Å²) in [6.07, 6.45) is 10.5. The van der Waals surface area contributed by atoms with E-state index >= 15 is 0 Å². The van der Waals surface area contributed by atoms with Crippen molar-refractivity contribution in [1.82, 2.24) is 0 Å². The number of carbonyl (C=O) groups excluding carboxylic acids is 2. The zero-order chi connectivity index (χ0) is 17.1. The van der Waals surface area contributed by atoms with Crippen LogP contribution >= 0.6 is 15.9 Å². The van der Waals surface area contributed by atoms with Gasteiger partial charge in [-0.2, -0.15) is 0 Å². The van der Waals surface area contributed by atoms with Crippen LogP contribution in [0.1, 0.15) is 32.1 Å². The standard InChI is InChI=1S/C21H20BrNO2/c22-13-7-4-8-14(11-13)23-20(24)18-15-9-10-16(19(18)21(23)25)17(15)12-5-2-1-3-6-12/h4,7-11,15-16,18-19H,1-3,5-6H2/t15-,16-,18+,19+/m1/s1. The van der Waals surface area contributed by atoms with Crippen LogP contribution in [0.2, 0.25) is 0 Å². The molecule has 1 heterocycles. The molecule has 4 aliphatic rings. The van der Waals surface area contributed by atoms with Gasteiger partial charge in [0, 0.05) is 16.3 Å². The molecule has 1 aromatic rings. The minimum Gasteiger partial charge on any atom is -0.274 e. The van der Waals surface area contributed by atoms with E-state index in [4.69, 9.17) is 0 Å². The number of halogens is 1. The molecule has 1 aliphatic heterocycles. The van der Waals surface area contributed by atoms with Gasteiger partial charge in [-0.15, -0.1) is 0 Å². The highest BCUT2D eigenvalue weighted by atomic mass is 79.9. The number of hydrogen-bond acceptors (Lipinski definition) is 2. The van der Waals surface area contributed by atoms with Gasteiger partial charge in [0.05, 0.1) is 17.5 Å². The molecule has 1 saturated heterocycles. The summed E-state index contributed by atoms with van der Waals surface area (Å²) in [6, 6.07) is 7.48. The minimum atomic E-state index is -0.189. The molecule has 2 bridgehead atoms. The fourth-order valence-corrected chi connectivity index (χ4v) is 5.76. The topological polar surface area (TPSA) is 37.4 Å². The van der Waals surface area contributed by atoms with Crippen molar-refractivity contribution in [2.75, 3.05) is 4.90 Å². The highest BCUT2D eigenvalue weighted by molar-refractivity contribution is 9.10. The lowest BCUT2D eigenvalue weighted by Gasteiger charge is -2.23. The first-order valence-electron chi connectivity index (χ1n) is 9.20. The molecule has 25 heavy (non-hydrogen) atoms. The van der Waals surface area contributed by atoms with Crippen molar-refractivity contribution < 1.29 is 9.59 Å². The van der Waals surface area contributed by atoms with Gasteiger partial charge in [0.2, 0.25) is 11.8 Å². The molecule has 0 unspecified atom stereocenters. The van der Waals surface area contributed by atoms with Gasteiger partial charge < -0.3 is 0 Å². The monoisotopic (exact) mass is 397 g/mol. The molecule has 4 heteroatoms. The van der Waals surface area contributed by atoms with Crippen molar-refractivity contribution >= 4 is 33.4 Å². The van der Waals surface area contributed by atoms with Crippen molar-refractivity contribution in [2.24, 2.45) is 23.7 Å². The summed E-state index contributed by atoms with van der Waals surface area (Å²) in [7, 11) is 0. The molecule has 5 rings (SSSR count). The van der Waals surface area contributed by atoms with E-state index in [0.29, 0.717) is 5.69 Å². The van der Waals surface area contributed by atoms with Gasteiger partial charge in [0.1, 0.15) is 0 Å². The fourth-order valence-electron chi connectivity index (χ4n) is 5.37. The van der Waals surface area contributed by atoms with Crippen molar-refractivity contribution in [2.45, 2.75) is 32.1 Å². The fraction of sp³-hybridized carbons (Fsp3) is 0.429. The molecule has 4 atom stereocenters. The van der Waals surface area contributed by atoms with Gasteiger partial charge in [-0.3, -0.25) is 9.59 Å². The van der Waals surface area contributed by atoms with E-state index in [1.165, 1.54) is 35.3 Å². The van der Waals surface area contributed by atoms with Crippen LogP contribution in [0.4, 0.5) is 5.69 Å². The third-order valence-corrected chi connectivity index (χ3v) is 6.84. The van der Waals surface area contributed by atoms with Crippen molar-refractivity contribution in [3.05, 3.63) is 52.0 Å². The van der Waals surface area contributed by atoms with Crippen LogP contribution in [-0.4, -0.2) is 11.8 Å². The maximum absolute atomic E-state index is 13.2. The first-order chi connectivity index (χ1) is 12.2. The van der Waals surface area contributed by atoms with E-state index in [1.54, 1.807) is 0 Å². The van der Waals surface area contributed by atoms with E-state index in [0.717, 1.165) is 17.3 Å². The summed E-state index contributed by atoms with van der Waals surface area (Å²) in [6.45, 7) is 0. The van der Waals surface area contributed by atoms with Gasteiger partial charge in [-0.25, -0.2) is 4.90 Å². The number of imide groups is 1. The van der Waals surface area contributed by atoms with E-state index in [1.807, 2.05) is 24.3 Å². The van der Waals surface area contributed by atoms with E-state index < -0.39 is 0 Å². The average molecular weight is 398 g/mol. The molecule has 3 fully saturated rings. The normalized spacial score (nSPS) is 33.6. The predicted octanol–water partition coefficient (Wildman–Crippen LogP) is 4.63. The molecular weight excluding hydrogens is 378 g/mol. The molecule has 3 nitrogen and oxygen atoms in total. The number of carbonyl (C=O) groups is 2. The molecule has 0 spiro atoms. The lowest BCUT2D eigenvalue weighted by Crippen LogP contribution is -2.33. The number of rotatable bonds is 1. The number of nitrogens with zero attached hydrogens (tertiary/aromatic N) is 1. The zero-order valence-electron chi connectivity index (χ0n) is 14.0. The maximum Gasteiger partial charge on any atom is 0.238 e. The zero-order valence-corrected chi connectivity index (χ0v) is 15.5. The van der Waals surface area contributed by atoms with Crippen LogP contribution in [-0.2, 0) is 9.59 Å². The average Bonchev–Trinajstić information content (AvgIpc) is 3.25. The SMILES string of the molecule is O=C1[C@@H]2[C@@H](C(=O)N1c1cccc(Br)c1)[C@@H]1C=C[C@@H]2C1=C1CCCCC1. The van der Waals surface area contributed by atoms with E-state index in [9.17, 15) is 9.59 Å². The Hall–Kier alpha value is -1.68. The molecule has 128 valence electrons. The molecule has 0 radical (unpaired) electrons. The second-order valence-electron chi connectivity index (χ2n) is 7.60. The predicted molar refractivity (Wildman–Crippen MR) is 99.8 cm³/mol. The van der Waals surface area contributed by atoms with Crippen molar-refractivity contribution in [1.29, 1.82) is 0 Å². The Morgan fingerprint density at radius 3 is 2.16 bits per heavy atom. The molecule has 3 aliphatic carbocycles. The second kappa shape index (κ2) is 5.66. The molecule has 0 aromatic heterocycles. The lowest BCUT2D eigenvalue weighted by atomic mass is 9.85. The van der Waals surface area contributed by atoms with Gasteiger partial charge in [-0.1, -0.05) is 51.7 Å². The molecule has 2 amide bonds. The number of benzene rings is 1. The molecule has 1 aromatic carbocycles. The highest BCUT2D eigenvalue weighted by Crippen LogP contribution is 2.58. The summed E-state index contributed by atoms with van der Waals surface area (Å²) >= 11 is 3.44. The third kappa shape index (κ3) is 2.16. The van der Waals surface area contributed by atoms with Crippen LogP contribution in [0, 0.1) is 23.7 Å². The second-order valence-corrected chi connectivity index (χ2v) is 8.52. The van der Waals surface area contributed by atoms with Gasteiger partial charge in [-0.05, 0) is 43.9 Å². The number of amides is 2. The number of allylic oxidation sites excluding steroid dienone is 4. The van der Waals surface area contributed by atoms with Gasteiger partial charge >= 0.3 is 0 Å². The van der Waals surface area contributed by atoms with E-state index in [2.05, 4.69) is 28.1 Å². The van der Waals surface area contributed by atoms with Crippen molar-refractivity contribution in [3.63, 3.8) is 0 Å². The van der Waals surface area contributed by atoms with Crippen LogP contribution in [0.25, 0.3) is 0 Å². The summed E-state index contributed by atoms with van der Waals surface area (Å²) in [5.74, 6) is -0.108. The summed E-state index contributed by atoms with van der Waals surface area (Å²) < 4.78 is 0.883. The first-order valence-corrected chi connectivity index (χ1v) is 9.99. The van der Waals surface area contributed by atoms with Crippen LogP contribution in [0.15, 0.2) is 52.0 Å². The Bertz CT molecular complexity index is 798. The molecular formula is C21H20BrNO2. The third-order valence-electron chi connectivity index (χ3n) is 6.35. The number of hydrogen-bond donors (Lipinski definition) is 0. The first kappa shape index (κ1) is 15.6. The largest absolute Gasteiger partial charge is 0.274 e. The summed E-state index contributed by atoms with van der Waals surface area (Å²) in [4.78, 5) is 27.7. The Kier molecular flexibility index (Phi) is 3.53. The molecule has 2 saturated carbocycles. The molecule has 0 N–H and O–H groups in total. The lowest BCUT2D eigenvalue weighted by molar-refractivity contribution is -0.122. The Labute approximate surface area is 155 Å². The van der Waals surface area contributed by atoms with Gasteiger partial charge in [0.25, 0.3) is 0 Å².